The zero-order valence-corrected chi connectivity index (χ0v) is 24.5. The van der Waals surface area contributed by atoms with Crippen LogP contribution in [-0.4, -0.2) is 133 Å². The SMILES string of the molecule is COc1c(OC)c(O)c2c(=O)c3c(O[C@H]4O[C@@H](CO[C@H]5OC[C@@H](O)[C@H](O)[C@H]5O)[C@H](O)[C@H](O)[C@@H]4O)ccc(OC)c3oc2c1OC. The minimum atomic E-state index is -1.84. The molecular formula is C28H34O17. The Bertz CT molecular complexity index is 1590. The molecule has 0 bridgehead atoms. The number of phenolic OH excluding ortho intramolecular Hbond substituents is 1. The molecule has 45 heavy (non-hydrogen) atoms. The van der Waals surface area contributed by atoms with Crippen LogP contribution in [0.5, 0.6) is 34.5 Å². The molecule has 17 heteroatoms. The average molecular weight is 643 g/mol. The second-order valence-electron chi connectivity index (χ2n) is 10.3. The first-order valence-electron chi connectivity index (χ1n) is 13.6. The van der Waals surface area contributed by atoms with Gasteiger partial charge in [0.1, 0.15) is 59.2 Å². The van der Waals surface area contributed by atoms with E-state index < -0.39 is 73.1 Å². The van der Waals surface area contributed by atoms with Gasteiger partial charge in [0.2, 0.25) is 29.0 Å². The molecule has 3 heterocycles. The van der Waals surface area contributed by atoms with Crippen LogP contribution in [0.25, 0.3) is 21.9 Å². The fourth-order valence-electron chi connectivity index (χ4n) is 5.26. The van der Waals surface area contributed by atoms with Crippen molar-refractivity contribution in [2.24, 2.45) is 0 Å². The van der Waals surface area contributed by atoms with Crippen LogP contribution in [0.3, 0.4) is 0 Å². The van der Waals surface area contributed by atoms with Crippen LogP contribution in [0.15, 0.2) is 21.3 Å². The van der Waals surface area contributed by atoms with Gasteiger partial charge in [-0.25, -0.2) is 0 Å². The van der Waals surface area contributed by atoms with Crippen molar-refractivity contribution in [1.82, 2.24) is 0 Å². The monoisotopic (exact) mass is 642 g/mol. The lowest BCUT2D eigenvalue weighted by atomic mass is 9.99. The predicted molar refractivity (Wildman–Crippen MR) is 149 cm³/mol. The number of rotatable bonds is 9. The summed E-state index contributed by atoms with van der Waals surface area (Å²) < 4.78 is 49.6. The number of aromatic hydroxyl groups is 1. The number of fused-ring (bicyclic) bond motifs is 2. The maximum absolute atomic E-state index is 14.0. The first-order valence-corrected chi connectivity index (χ1v) is 13.6. The van der Waals surface area contributed by atoms with Gasteiger partial charge >= 0.3 is 0 Å². The Balaban J connectivity index is 1.53. The van der Waals surface area contributed by atoms with Crippen LogP contribution in [0.4, 0.5) is 0 Å². The number of hydrogen-bond acceptors (Lipinski definition) is 17. The van der Waals surface area contributed by atoms with Gasteiger partial charge in [0.05, 0.1) is 41.7 Å². The standard InChI is InChI=1S/C28H34O17/c1-37-11-6-5-10(13-17(32)14-18(33)24(38-2)26(40-4)25(39-3)23(14)45-22(11)13)43-28-21(36)19(34)16(31)12(44-28)8-42-27-20(35)15(30)9(29)7-41-27/h5-6,9,12,15-16,19-21,27-31,33-36H,7-8H2,1-4H3/t9-,12+,15+,16+,19+,20-,21+,27-,28+/m1/s1. The molecule has 0 radical (unpaired) electrons. The topological polar surface area (TPSA) is 246 Å². The second-order valence-corrected chi connectivity index (χ2v) is 10.3. The molecule has 0 unspecified atom stereocenters. The molecule has 5 rings (SSSR count). The summed E-state index contributed by atoms with van der Waals surface area (Å²) in [5.74, 6) is -1.09. The first kappa shape index (κ1) is 32.7. The highest BCUT2D eigenvalue weighted by Crippen LogP contribution is 2.51. The summed E-state index contributed by atoms with van der Waals surface area (Å²) in [5.41, 5.74) is -1.17. The molecular weight excluding hydrogens is 608 g/mol. The number of benzene rings is 2. The summed E-state index contributed by atoms with van der Waals surface area (Å²) in [7, 11) is 5.17. The van der Waals surface area contributed by atoms with E-state index in [9.17, 15) is 40.5 Å². The fourth-order valence-corrected chi connectivity index (χ4v) is 5.26. The van der Waals surface area contributed by atoms with Gasteiger partial charge in [-0.15, -0.1) is 0 Å². The van der Waals surface area contributed by atoms with Gasteiger partial charge < -0.3 is 78.1 Å². The molecule has 7 N–H and O–H groups in total. The molecule has 3 aromatic rings. The molecule has 248 valence electrons. The molecule has 1 aromatic heterocycles. The molecule has 0 spiro atoms. The normalized spacial score (nSPS) is 30.3. The first-order chi connectivity index (χ1) is 21.5. The highest BCUT2D eigenvalue weighted by Gasteiger charge is 2.47. The Hall–Kier alpha value is -3.65. The van der Waals surface area contributed by atoms with E-state index >= 15 is 0 Å². The summed E-state index contributed by atoms with van der Waals surface area (Å²) in [6.45, 7) is -0.868. The van der Waals surface area contributed by atoms with Crippen LogP contribution >= 0.6 is 0 Å². The van der Waals surface area contributed by atoms with E-state index in [1.54, 1.807) is 0 Å². The van der Waals surface area contributed by atoms with Gasteiger partial charge in [0, 0.05) is 0 Å². The van der Waals surface area contributed by atoms with Gasteiger partial charge in [0.25, 0.3) is 0 Å². The van der Waals surface area contributed by atoms with Crippen molar-refractivity contribution in [3.63, 3.8) is 0 Å². The Morgan fingerprint density at radius 1 is 0.733 bits per heavy atom. The van der Waals surface area contributed by atoms with Crippen LogP contribution < -0.4 is 29.1 Å². The molecule has 2 saturated heterocycles. The molecule has 0 saturated carbocycles. The zero-order valence-electron chi connectivity index (χ0n) is 24.5. The average Bonchev–Trinajstić information content (AvgIpc) is 3.03. The predicted octanol–water partition coefficient (Wildman–Crippen LogP) is -1.67. The number of ether oxygens (including phenoxy) is 8. The fraction of sp³-hybridized carbons (Fsp3) is 0.536. The van der Waals surface area contributed by atoms with Gasteiger partial charge in [-0.3, -0.25) is 4.79 Å². The largest absolute Gasteiger partial charge is 0.504 e. The molecule has 17 nitrogen and oxygen atoms in total. The highest BCUT2D eigenvalue weighted by atomic mass is 16.7. The van der Waals surface area contributed by atoms with Crippen molar-refractivity contribution >= 4 is 21.9 Å². The summed E-state index contributed by atoms with van der Waals surface area (Å²) >= 11 is 0. The maximum Gasteiger partial charge on any atom is 0.229 e. The second kappa shape index (κ2) is 13.0. The van der Waals surface area contributed by atoms with Crippen LogP contribution in [0.1, 0.15) is 0 Å². The molecule has 9 atom stereocenters. The van der Waals surface area contributed by atoms with E-state index in [1.807, 2.05) is 0 Å². The number of phenols is 1. The van der Waals surface area contributed by atoms with Crippen molar-refractivity contribution in [2.45, 2.75) is 55.3 Å². The van der Waals surface area contributed by atoms with Gasteiger partial charge in [0.15, 0.2) is 29.0 Å². The molecule has 2 aliphatic rings. The third-order valence-electron chi connectivity index (χ3n) is 7.66. The van der Waals surface area contributed by atoms with Gasteiger partial charge in [-0.05, 0) is 12.1 Å². The lowest BCUT2D eigenvalue weighted by molar-refractivity contribution is -0.307. The van der Waals surface area contributed by atoms with Crippen molar-refractivity contribution in [3.05, 3.63) is 22.4 Å². The zero-order chi connectivity index (χ0) is 32.7. The number of methoxy groups -OCH3 is 4. The van der Waals surface area contributed by atoms with Crippen LogP contribution in [0.2, 0.25) is 0 Å². The van der Waals surface area contributed by atoms with Crippen molar-refractivity contribution in [2.75, 3.05) is 41.7 Å². The van der Waals surface area contributed by atoms with Gasteiger partial charge in [-0.1, -0.05) is 0 Å². The minimum Gasteiger partial charge on any atom is -0.504 e. The van der Waals surface area contributed by atoms with Gasteiger partial charge in [-0.2, -0.15) is 0 Å². The molecule has 0 aliphatic carbocycles. The van der Waals surface area contributed by atoms with Crippen molar-refractivity contribution < 1.29 is 78.1 Å². The Labute approximate surface area is 254 Å². The minimum absolute atomic E-state index is 0.0461. The summed E-state index contributed by atoms with van der Waals surface area (Å²) in [6, 6.07) is 2.69. The Morgan fingerprint density at radius 2 is 1.38 bits per heavy atom. The lowest BCUT2D eigenvalue weighted by Crippen LogP contribution is -2.61. The number of aliphatic hydroxyl groups excluding tert-OH is 6. The number of hydrogen-bond donors (Lipinski definition) is 7. The van der Waals surface area contributed by atoms with Crippen molar-refractivity contribution in [3.8, 4) is 34.5 Å². The molecule has 2 aromatic carbocycles. The van der Waals surface area contributed by atoms with Crippen LogP contribution in [0, 0.1) is 0 Å². The maximum atomic E-state index is 14.0. The highest BCUT2D eigenvalue weighted by molar-refractivity contribution is 6.02. The summed E-state index contributed by atoms with van der Waals surface area (Å²) in [5, 5.41) is 71.9. The van der Waals surface area contributed by atoms with E-state index in [2.05, 4.69) is 0 Å². The third-order valence-corrected chi connectivity index (χ3v) is 7.66. The third kappa shape index (κ3) is 5.56. The molecule has 2 aliphatic heterocycles. The van der Waals surface area contributed by atoms with E-state index in [-0.39, 0.29) is 57.3 Å². The van der Waals surface area contributed by atoms with E-state index in [0.29, 0.717) is 0 Å². The molecule has 2 fully saturated rings. The summed E-state index contributed by atoms with van der Waals surface area (Å²) in [4.78, 5) is 14.0. The number of aliphatic hydroxyl groups is 6. The summed E-state index contributed by atoms with van der Waals surface area (Å²) in [6.07, 6.45) is -14.4. The van der Waals surface area contributed by atoms with E-state index in [4.69, 9.17) is 42.3 Å². The smallest absolute Gasteiger partial charge is 0.229 e. The van der Waals surface area contributed by atoms with Crippen LogP contribution in [-0.2, 0) is 14.2 Å². The quantitative estimate of drug-likeness (QED) is 0.129. The van der Waals surface area contributed by atoms with Crippen molar-refractivity contribution in [1.29, 1.82) is 0 Å². The lowest BCUT2D eigenvalue weighted by Gasteiger charge is -2.41. The van der Waals surface area contributed by atoms with E-state index in [1.165, 1.54) is 40.6 Å². The van der Waals surface area contributed by atoms with E-state index in [0.717, 1.165) is 0 Å². The Morgan fingerprint density at radius 3 is 2.02 bits per heavy atom. The Kier molecular flexibility index (Phi) is 9.45. The molecule has 0 amide bonds.